The summed E-state index contributed by atoms with van der Waals surface area (Å²) in [4.78, 5) is 16.5. The first-order chi connectivity index (χ1) is 10.7. The number of carbonyl (C=O) groups is 1. The van der Waals surface area contributed by atoms with Crippen LogP contribution in [-0.4, -0.2) is 33.8 Å². The SMILES string of the molecule is Cl.Cn1nc(C2CCNCC2)nc1NC(=O)CCc1ccco1. The third kappa shape index (κ3) is 4.56. The van der Waals surface area contributed by atoms with Crippen molar-refractivity contribution in [3.63, 3.8) is 0 Å². The van der Waals surface area contributed by atoms with Crippen LogP contribution in [0.4, 0.5) is 5.95 Å². The van der Waals surface area contributed by atoms with Crippen LogP contribution in [-0.2, 0) is 18.3 Å². The number of amides is 1. The third-order valence-corrected chi connectivity index (χ3v) is 3.91. The van der Waals surface area contributed by atoms with Crippen molar-refractivity contribution >= 4 is 24.3 Å². The Kier molecular flexibility index (Phi) is 6.18. The second-order valence-corrected chi connectivity index (χ2v) is 5.57. The molecule has 0 aliphatic carbocycles. The number of anilines is 1. The highest BCUT2D eigenvalue weighted by Crippen LogP contribution is 2.23. The number of hydrogen-bond donors (Lipinski definition) is 2. The summed E-state index contributed by atoms with van der Waals surface area (Å²) in [5.74, 6) is 2.44. The molecule has 0 bridgehead atoms. The van der Waals surface area contributed by atoms with Gasteiger partial charge >= 0.3 is 0 Å². The van der Waals surface area contributed by atoms with Crippen LogP contribution in [0.1, 0.15) is 36.8 Å². The standard InChI is InChI=1S/C15H21N5O2.ClH/c1-20-15(17-13(21)5-4-12-3-2-10-22-12)18-14(19-20)11-6-8-16-9-7-11;/h2-3,10-11,16H,4-9H2,1H3,(H,17,18,19,21);1H. The number of carbonyl (C=O) groups excluding carboxylic acids is 1. The van der Waals surface area contributed by atoms with Gasteiger partial charge in [-0.15, -0.1) is 12.4 Å². The van der Waals surface area contributed by atoms with Gasteiger partial charge in [0.1, 0.15) is 5.76 Å². The fourth-order valence-electron chi connectivity index (χ4n) is 2.64. The Labute approximate surface area is 141 Å². The summed E-state index contributed by atoms with van der Waals surface area (Å²) in [7, 11) is 1.81. The van der Waals surface area contributed by atoms with Crippen molar-refractivity contribution in [2.24, 2.45) is 7.05 Å². The van der Waals surface area contributed by atoms with Crippen molar-refractivity contribution in [3.8, 4) is 0 Å². The summed E-state index contributed by atoms with van der Waals surface area (Å²) < 4.78 is 6.86. The van der Waals surface area contributed by atoms with Gasteiger partial charge in [0.05, 0.1) is 6.26 Å². The molecule has 0 radical (unpaired) electrons. The Morgan fingerprint density at radius 2 is 2.26 bits per heavy atom. The van der Waals surface area contributed by atoms with Crippen molar-refractivity contribution in [1.29, 1.82) is 0 Å². The molecule has 7 nitrogen and oxygen atoms in total. The fourth-order valence-corrected chi connectivity index (χ4v) is 2.64. The monoisotopic (exact) mass is 339 g/mol. The summed E-state index contributed by atoms with van der Waals surface area (Å²) in [6.45, 7) is 1.99. The molecule has 0 aromatic carbocycles. The lowest BCUT2D eigenvalue weighted by Crippen LogP contribution is -2.27. The molecular formula is C15H22ClN5O2. The van der Waals surface area contributed by atoms with Crippen LogP contribution in [0, 0.1) is 0 Å². The number of aromatic nitrogens is 3. The predicted octanol–water partition coefficient (Wildman–Crippen LogP) is 1.87. The van der Waals surface area contributed by atoms with E-state index in [4.69, 9.17) is 4.42 Å². The lowest BCUT2D eigenvalue weighted by molar-refractivity contribution is -0.116. The predicted molar refractivity (Wildman–Crippen MR) is 88.8 cm³/mol. The number of rotatable bonds is 5. The number of aryl methyl sites for hydroxylation is 2. The zero-order chi connectivity index (χ0) is 15.4. The minimum Gasteiger partial charge on any atom is -0.469 e. The molecule has 1 fully saturated rings. The number of nitrogens with zero attached hydrogens (tertiary/aromatic N) is 3. The van der Waals surface area contributed by atoms with Crippen molar-refractivity contribution in [3.05, 3.63) is 30.0 Å². The molecule has 0 saturated carbocycles. The number of nitrogens with one attached hydrogen (secondary N) is 2. The minimum absolute atomic E-state index is 0. The van der Waals surface area contributed by atoms with Crippen LogP contribution in [0.15, 0.2) is 22.8 Å². The van der Waals surface area contributed by atoms with Gasteiger partial charge < -0.3 is 9.73 Å². The zero-order valence-electron chi connectivity index (χ0n) is 13.1. The highest BCUT2D eigenvalue weighted by molar-refractivity contribution is 5.89. The van der Waals surface area contributed by atoms with Crippen molar-refractivity contribution in [1.82, 2.24) is 20.1 Å². The maximum Gasteiger partial charge on any atom is 0.227 e. The van der Waals surface area contributed by atoms with Crippen molar-refractivity contribution < 1.29 is 9.21 Å². The molecule has 1 amide bonds. The smallest absolute Gasteiger partial charge is 0.227 e. The largest absolute Gasteiger partial charge is 0.469 e. The number of halogens is 1. The molecule has 3 heterocycles. The van der Waals surface area contributed by atoms with Crippen molar-refractivity contribution in [2.75, 3.05) is 18.4 Å². The highest BCUT2D eigenvalue weighted by Gasteiger charge is 2.21. The van der Waals surface area contributed by atoms with Gasteiger partial charge in [0, 0.05) is 25.8 Å². The first-order valence-corrected chi connectivity index (χ1v) is 7.66. The average molecular weight is 340 g/mol. The van der Waals surface area contributed by atoms with E-state index >= 15 is 0 Å². The summed E-state index contributed by atoms with van der Waals surface area (Å²) >= 11 is 0. The van der Waals surface area contributed by atoms with Gasteiger partial charge in [-0.1, -0.05) is 0 Å². The van der Waals surface area contributed by atoms with Gasteiger partial charge in [0.15, 0.2) is 5.82 Å². The second-order valence-electron chi connectivity index (χ2n) is 5.57. The van der Waals surface area contributed by atoms with Crippen molar-refractivity contribution in [2.45, 2.75) is 31.6 Å². The lowest BCUT2D eigenvalue weighted by Gasteiger charge is -2.19. The van der Waals surface area contributed by atoms with Gasteiger partial charge in [0.25, 0.3) is 0 Å². The fraction of sp³-hybridized carbons (Fsp3) is 0.533. The molecule has 2 aromatic heterocycles. The van der Waals surface area contributed by atoms with Crippen LogP contribution in [0.5, 0.6) is 0 Å². The van der Waals surface area contributed by atoms with E-state index in [1.54, 1.807) is 18.0 Å². The molecule has 3 rings (SSSR count). The maximum atomic E-state index is 12.0. The average Bonchev–Trinajstić information content (AvgIpc) is 3.17. The van der Waals surface area contributed by atoms with E-state index in [-0.39, 0.29) is 18.3 Å². The molecule has 2 aromatic rings. The molecular weight excluding hydrogens is 318 g/mol. The van der Waals surface area contributed by atoms with Crippen LogP contribution < -0.4 is 10.6 Å². The molecule has 0 atom stereocenters. The maximum absolute atomic E-state index is 12.0. The van der Waals surface area contributed by atoms with Gasteiger partial charge in [-0.3, -0.25) is 10.1 Å². The molecule has 2 N–H and O–H groups in total. The van der Waals surface area contributed by atoms with Gasteiger partial charge in [0.2, 0.25) is 11.9 Å². The minimum atomic E-state index is -0.0799. The molecule has 1 aliphatic rings. The van der Waals surface area contributed by atoms with E-state index < -0.39 is 0 Å². The normalized spacial score (nSPS) is 15.2. The Morgan fingerprint density at radius 3 is 2.96 bits per heavy atom. The van der Waals surface area contributed by atoms with E-state index in [0.29, 0.717) is 24.7 Å². The van der Waals surface area contributed by atoms with Crippen LogP contribution in [0.25, 0.3) is 0 Å². The number of furan rings is 1. The van der Waals surface area contributed by atoms with Crippen LogP contribution >= 0.6 is 12.4 Å². The zero-order valence-corrected chi connectivity index (χ0v) is 13.9. The summed E-state index contributed by atoms with van der Waals surface area (Å²) in [6.07, 6.45) is 4.63. The number of piperidine rings is 1. The number of hydrogen-bond acceptors (Lipinski definition) is 5. The molecule has 0 unspecified atom stereocenters. The van der Waals surface area contributed by atoms with E-state index in [2.05, 4.69) is 20.7 Å². The van der Waals surface area contributed by atoms with Gasteiger partial charge in [-0.05, 0) is 38.1 Å². The van der Waals surface area contributed by atoms with Gasteiger partial charge in [-0.2, -0.15) is 10.1 Å². The lowest BCUT2D eigenvalue weighted by atomic mass is 9.98. The second kappa shape index (κ2) is 8.12. The first-order valence-electron chi connectivity index (χ1n) is 7.66. The van der Waals surface area contributed by atoms with E-state index in [1.165, 1.54) is 0 Å². The Balaban J connectivity index is 0.00000192. The molecule has 8 heteroatoms. The summed E-state index contributed by atoms with van der Waals surface area (Å²) in [5, 5.41) is 10.6. The van der Waals surface area contributed by atoms with Gasteiger partial charge in [-0.25, -0.2) is 4.68 Å². The van der Waals surface area contributed by atoms with E-state index in [0.717, 1.165) is 37.5 Å². The highest BCUT2D eigenvalue weighted by atomic mass is 35.5. The molecule has 1 saturated heterocycles. The Bertz CT molecular complexity index is 620. The van der Waals surface area contributed by atoms with Crippen LogP contribution in [0.2, 0.25) is 0 Å². The summed E-state index contributed by atoms with van der Waals surface area (Å²) in [6, 6.07) is 3.69. The molecule has 1 aliphatic heterocycles. The van der Waals surface area contributed by atoms with E-state index in [9.17, 15) is 4.79 Å². The molecule has 0 spiro atoms. The molecule has 126 valence electrons. The molecule has 23 heavy (non-hydrogen) atoms. The van der Waals surface area contributed by atoms with Crippen LogP contribution in [0.3, 0.4) is 0 Å². The quantitative estimate of drug-likeness (QED) is 0.868. The Hall–Kier alpha value is -1.86. The topological polar surface area (TPSA) is 85.0 Å². The third-order valence-electron chi connectivity index (χ3n) is 3.91. The van der Waals surface area contributed by atoms with E-state index in [1.807, 2.05) is 12.1 Å². The first kappa shape index (κ1) is 17.5. The summed E-state index contributed by atoms with van der Waals surface area (Å²) in [5.41, 5.74) is 0. The Morgan fingerprint density at radius 1 is 1.48 bits per heavy atom.